The Morgan fingerprint density at radius 1 is 1.08 bits per heavy atom. The molecule has 0 saturated carbocycles. The molecule has 0 fully saturated rings. The fraction of sp³-hybridized carbons (Fsp3) is 0.350. The predicted molar refractivity (Wildman–Crippen MR) is 91.9 cm³/mol. The Morgan fingerprint density at radius 3 is 2.80 bits per heavy atom. The molecule has 0 spiro atoms. The molecule has 4 rings (SSSR count). The number of Topliss-reactive ketones (excluding diaryl/α,β-unsaturated/α-hetero) is 1. The van der Waals surface area contributed by atoms with Gasteiger partial charge in [0.25, 0.3) is 5.56 Å². The van der Waals surface area contributed by atoms with E-state index in [1.165, 1.54) is 11.6 Å². The SMILES string of the molecule is O=C1CCCc2[nH]c(=O)c(C(=O)O[C@H]3CCCc4ccccc43)cc21. The number of aromatic amines is 1. The summed E-state index contributed by atoms with van der Waals surface area (Å²) < 4.78 is 5.64. The van der Waals surface area contributed by atoms with E-state index >= 15 is 0 Å². The van der Waals surface area contributed by atoms with E-state index in [9.17, 15) is 14.4 Å². The average Bonchev–Trinajstić information content (AvgIpc) is 2.62. The van der Waals surface area contributed by atoms with Gasteiger partial charge in [-0.15, -0.1) is 0 Å². The Balaban J connectivity index is 1.63. The number of esters is 1. The number of aryl methyl sites for hydroxylation is 2. The van der Waals surface area contributed by atoms with Gasteiger partial charge in [-0.3, -0.25) is 9.59 Å². The van der Waals surface area contributed by atoms with Crippen molar-refractivity contribution < 1.29 is 14.3 Å². The molecule has 5 heteroatoms. The van der Waals surface area contributed by atoms with Crippen LogP contribution in [0.2, 0.25) is 0 Å². The highest BCUT2D eigenvalue weighted by atomic mass is 16.5. The van der Waals surface area contributed by atoms with Crippen molar-refractivity contribution in [2.24, 2.45) is 0 Å². The van der Waals surface area contributed by atoms with E-state index in [1.807, 2.05) is 24.3 Å². The average molecular weight is 337 g/mol. The molecule has 0 radical (unpaired) electrons. The third-order valence-electron chi connectivity index (χ3n) is 5.04. The van der Waals surface area contributed by atoms with Crippen LogP contribution in [0.3, 0.4) is 0 Å². The summed E-state index contributed by atoms with van der Waals surface area (Å²) in [6, 6.07) is 9.32. The van der Waals surface area contributed by atoms with Gasteiger partial charge in [-0.25, -0.2) is 4.79 Å². The monoisotopic (exact) mass is 337 g/mol. The summed E-state index contributed by atoms with van der Waals surface area (Å²) >= 11 is 0. The number of pyridine rings is 1. The van der Waals surface area contributed by atoms with E-state index < -0.39 is 11.5 Å². The second-order valence-corrected chi connectivity index (χ2v) is 6.67. The number of H-pyrrole nitrogens is 1. The molecule has 0 saturated heterocycles. The van der Waals surface area contributed by atoms with Gasteiger partial charge in [0.05, 0.1) is 0 Å². The normalized spacial score (nSPS) is 19.0. The first-order chi connectivity index (χ1) is 12.1. The summed E-state index contributed by atoms with van der Waals surface area (Å²) in [5.74, 6) is -0.696. The molecule has 25 heavy (non-hydrogen) atoms. The third-order valence-corrected chi connectivity index (χ3v) is 5.04. The van der Waals surface area contributed by atoms with Crippen molar-refractivity contribution in [3.8, 4) is 0 Å². The van der Waals surface area contributed by atoms with Crippen LogP contribution in [0.1, 0.15) is 69.3 Å². The highest BCUT2D eigenvalue weighted by molar-refractivity contribution is 6.00. The number of carbonyl (C=O) groups is 2. The molecule has 2 aliphatic carbocycles. The van der Waals surface area contributed by atoms with Gasteiger partial charge in [-0.05, 0) is 49.3 Å². The Hall–Kier alpha value is -2.69. The van der Waals surface area contributed by atoms with Crippen LogP contribution in [-0.2, 0) is 17.6 Å². The molecule has 1 heterocycles. The molecule has 0 aliphatic heterocycles. The highest BCUT2D eigenvalue weighted by Crippen LogP contribution is 2.33. The van der Waals surface area contributed by atoms with Crippen molar-refractivity contribution in [1.82, 2.24) is 4.98 Å². The molecule has 0 unspecified atom stereocenters. The first-order valence-electron chi connectivity index (χ1n) is 8.71. The molecule has 5 nitrogen and oxygen atoms in total. The van der Waals surface area contributed by atoms with Crippen molar-refractivity contribution in [3.63, 3.8) is 0 Å². The summed E-state index contributed by atoms with van der Waals surface area (Å²) in [5, 5.41) is 0. The van der Waals surface area contributed by atoms with E-state index in [-0.39, 0.29) is 17.5 Å². The zero-order chi connectivity index (χ0) is 17.4. The summed E-state index contributed by atoms with van der Waals surface area (Å²) in [4.78, 5) is 39.6. The predicted octanol–water partition coefficient (Wildman–Crippen LogP) is 3.13. The van der Waals surface area contributed by atoms with Gasteiger partial charge in [-0.1, -0.05) is 24.3 Å². The molecule has 1 aromatic heterocycles. The summed E-state index contributed by atoms with van der Waals surface area (Å²) in [6.07, 6.45) is 4.13. The van der Waals surface area contributed by atoms with Crippen LogP contribution in [0.25, 0.3) is 0 Å². The van der Waals surface area contributed by atoms with Gasteiger partial charge >= 0.3 is 5.97 Å². The molecular weight excluding hydrogens is 318 g/mol. The maximum absolute atomic E-state index is 12.6. The molecule has 1 atom stereocenters. The maximum atomic E-state index is 12.6. The lowest BCUT2D eigenvalue weighted by Gasteiger charge is -2.25. The van der Waals surface area contributed by atoms with Crippen LogP contribution in [0, 0.1) is 0 Å². The number of hydrogen-bond donors (Lipinski definition) is 1. The Bertz CT molecular complexity index is 912. The molecule has 0 amide bonds. The largest absolute Gasteiger partial charge is 0.454 e. The van der Waals surface area contributed by atoms with Gasteiger partial charge in [0.2, 0.25) is 0 Å². The number of ketones is 1. The quantitative estimate of drug-likeness (QED) is 0.854. The van der Waals surface area contributed by atoms with Gasteiger partial charge in [-0.2, -0.15) is 0 Å². The van der Waals surface area contributed by atoms with Crippen molar-refractivity contribution in [2.75, 3.05) is 0 Å². The van der Waals surface area contributed by atoms with Crippen LogP contribution in [-0.4, -0.2) is 16.7 Å². The first kappa shape index (κ1) is 15.8. The lowest BCUT2D eigenvalue weighted by molar-refractivity contribution is 0.0254. The second-order valence-electron chi connectivity index (χ2n) is 6.67. The van der Waals surface area contributed by atoms with Gasteiger partial charge < -0.3 is 9.72 Å². The molecule has 2 aliphatic rings. The van der Waals surface area contributed by atoms with Crippen molar-refractivity contribution >= 4 is 11.8 Å². The topological polar surface area (TPSA) is 76.2 Å². The Kier molecular flexibility index (Phi) is 3.99. The first-order valence-corrected chi connectivity index (χ1v) is 8.71. The summed E-state index contributed by atoms with van der Waals surface area (Å²) in [6.45, 7) is 0. The Morgan fingerprint density at radius 2 is 1.92 bits per heavy atom. The number of nitrogens with one attached hydrogen (secondary N) is 1. The fourth-order valence-electron chi connectivity index (χ4n) is 3.75. The molecule has 1 N–H and O–H groups in total. The maximum Gasteiger partial charge on any atom is 0.344 e. The minimum Gasteiger partial charge on any atom is -0.454 e. The Labute approximate surface area is 145 Å². The van der Waals surface area contributed by atoms with E-state index in [4.69, 9.17) is 4.74 Å². The molecular formula is C20H19NO4. The van der Waals surface area contributed by atoms with Crippen LogP contribution in [0.5, 0.6) is 0 Å². The number of benzene rings is 1. The molecule has 128 valence electrons. The fourth-order valence-corrected chi connectivity index (χ4v) is 3.75. The lowest BCUT2D eigenvalue weighted by Crippen LogP contribution is -2.27. The van der Waals surface area contributed by atoms with Gasteiger partial charge in [0.15, 0.2) is 5.78 Å². The lowest BCUT2D eigenvalue weighted by atomic mass is 9.89. The van der Waals surface area contributed by atoms with E-state index in [1.54, 1.807) is 0 Å². The van der Waals surface area contributed by atoms with Crippen molar-refractivity contribution in [1.29, 1.82) is 0 Å². The molecule has 2 aromatic rings. The molecule has 1 aromatic carbocycles. The van der Waals surface area contributed by atoms with Crippen molar-refractivity contribution in [2.45, 2.75) is 44.6 Å². The highest BCUT2D eigenvalue weighted by Gasteiger charge is 2.27. The second kappa shape index (κ2) is 6.31. The number of rotatable bonds is 2. The standard InChI is InChI=1S/C20H19NO4/c22-17-9-4-8-16-14(17)11-15(19(23)21-16)20(24)25-18-10-3-6-12-5-1-2-7-13(12)18/h1-2,5,7,11,18H,3-4,6,8-10H2,(H,21,23)/t18-/m0/s1. The third kappa shape index (κ3) is 2.90. The zero-order valence-electron chi connectivity index (χ0n) is 13.8. The van der Waals surface area contributed by atoms with Gasteiger partial charge in [0, 0.05) is 17.7 Å². The van der Waals surface area contributed by atoms with E-state index in [0.717, 1.165) is 31.2 Å². The van der Waals surface area contributed by atoms with E-state index in [2.05, 4.69) is 4.98 Å². The van der Waals surface area contributed by atoms with Crippen LogP contribution in [0.15, 0.2) is 35.1 Å². The number of carbonyl (C=O) groups excluding carboxylic acids is 2. The number of fused-ring (bicyclic) bond motifs is 2. The van der Waals surface area contributed by atoms with Crippen LogP contribution >= 0.6 is 0 Å². The number of aromatic nitrogens is 1. The minimum atomic E-state index is -0.663. The van der Waals surface area contributed by atoms with Crippen LogP contribution in [0.4, 0.5) is 0 Å². The summed E-state index contributed by atoms with van der Waals surface area (Å²) in [7, 11) is 0. The minimum absolute atomic E-state index is 0.0328. The zero-order valence-corrected chi connectivity index (χ0v) is 13.8. The number of hydrogen-bond acceptors (Lipinski definition) is 4. The van der Waals surface area contributed by atoms with E-state index in [0.29, 0.717) is 24.1 Å². The summed E-state index contributed by atoms with van der Waals surface area (Å²) in [5.41, 5.74) is 2.69. The van der Waals surface area contributed by atoms with Crippen LogP contribution < -0.4 is 5.56 Å². The van der Waals surface area contributed by atoms with Crippen molar-refractivity contribution in [3.05, 3.63) is 68.6 Å². The molecule has 0 bridgehead atoms. The smallest absolute Gasteiger partial charge is 0.344 e. The number of ether oxygens (including phenoxy) is 1. The van der Waals surface area contributed by atoms with Gasteiger partial charge in [0.1, 0.15) is 11.7 Å².